The average molecular weight is 220 g/mol. The van der Waals surface area contributed by atoms with Crippen LogP contribution in [-0.4, -0.2) is 0 Å². The van der Waals surface area contributed by atoms with Gasteiger partial charge in [0.2, 0.25) is 0 Å². The van der Waals surface area contributed by atoms with Crippen molar-refractivity contribution in [2.75, 3.05) is 0 Å². The van der Waals surface area contributed by atoms with E-state index < -0.39 is 0 Å². The maximum atomic E-state index is 4.06. The molecule has 1 aromatic carbocycles. The first-order valence-corrected chi connectivity index (χ1v) is 5.80. The van der Waals surface area contributed by atoms with Crippen LogP contribution in [0.25, 0.3) is 5.57 Å². The van der Waals surface area contributed by atoms with E-state index in [-0.39, 0.29) is 18.9 Å². The van der Waals surface area contributed by atoms with Crippen molar-refractivity contribution in [3.05, 3.63) is 60.0 Å². The third kappa shape index (κ3) is 4.90. The molecule has 0 radical (unpaired) electrons. The summed E-state index contributed by atoms with van der Waals surface area (Å²) in [6, 6.07) is 8.57. The van der Waals surface area contributed by atoms with E-state index in [1.54, 1.807) is 0 Å². The summed E-state index contributed by atoms with van der Waals surface area (Å²) >= 11 is 0. The summed E-state index contributed by atoms with van der Waals surface area (Å²) < 4.78 is 0. The SMILES string of the molecule is C=C(CC)C[C-](C)c1cccc(C(=C)C)c1.[Li+]. The van der Waals surface area contributed by atoms with Gasteiger partial charge in [-0.05, 0) is 13.3 Å². The molecular formula is C16H21Li. The van der Waals surface area contributed by atoms with Gasteiger partial charge in [0.05, 0.1) is 0 Å². The summed E-state index contributed by atoms with van der Waals surface area (Å²) in [6.45, 7) is 14.4. The van der Waals surface area contributed by atoms with Crippen molar-refractivity contribution >= 4 is 5.57 Å². The Kier molecular flexibility index (Phi) is 7.12. The van der Waals surface area contributed by atoms with Gasteiger partial charge < -0.3 is 0 Å². The maximum Gasteiger partial charge on any atom is 1.00 e. The topological polar surface area (TPSA) is 0 Å². The van der Waals surface area contributed by atoms with Crippen LogP contribution in [0.3, 0.4) is 0 Å². The summed E-state index contributed by atoms with van der Waals surface area (Å²) in [6.07, 6.45) is 2.05. The Morgan fingerprint density at radius 3 is 2.47 bits per heavy atom. The zero-order chi connectivity index (χ0) is 12.1. The van der Waals surface area contributed by atoms with E-state index in [0.717, 1.165) is 18.4 Å². The summed E-state index contributed by atoms with van der Waals surface area (Å²) in [7, 11) is 0. The van der Waals surface area contributed by atoms with Gasteiger partial charge in [-0.15, -0.1) is 12.6 Å². The Bertz CT molecular complexity index is 390. The number of rotatable bonds is 5. The normalized spacial score (nSPS) is 9.35. The number of benzene rings is 1. The molecule has 0 aliphatic rings. The molecule has 0 aliphatic heterocycles. The van der Waals surface area contributed by atoms with E-state index in [0.29, 0.717) is 0 Å². The molecule has 0 spiro atoms. The molecule has 0 nitrogen and oxygen atoms in total. The second-order valence-electron chi connectivity index (χ2n) is 4.42. The van der Waals surface area contributed by atoms with E-state index >= 15 is 0 Å². The van der Waals surface area contributed by atoms with E-state index in [4.69, 9.17) is 0 Å². The van der Waals surface area contributed by atoms with Gasteiger partial charge in [0.15, 0.2) is 0 Å². The van der Waals surface area contributed by atoms with Crippen LogP contribution in [0.2, 0.25) is 0 Å². The van der Waals surface area contributed by atoms with E-state index in [2.05, 4.69) is 51.3 Å². The third-order valence-corrected chi connectivity index (χ3v) is 2.86. The molecule has 1 rings (SSSR count). The number of allylic oxidation sites excluding steroid dienone is 2. The Morgan fingerprint density at radius 2 is 1.94 bits per heavy atom. The second kappa shape index (κ2) is 7.48. The Balaban J connectivity index is 0.00000256. The first-order chi connectivity index (χ1) is 7.54. The van der Waals surface area contributed by atoms with Crippen molar-refractivity contribution in [3.8, 4) is 0 Å². The van der Waals surface area contributed by atoms with E-state index in [1.165, 1.54) is 22.6 Å². The van der Waals surface area contributed by atoms with E-state index in [1.807, 2.05) is 6.92 Å². The van der Waals surface area contributed by atoms with Gasteiger partial charge in [0.1, 0.15) is 0 Å². The fourth-order valence-corrected chi connectivity index (χ4v) is 1.65. The zero-order valence-corrected chi connectivity index (χ0v) is 11.6. The van der Waals surface area contributed by atoms with Crippen molar-refractivity contribution in [1.82, 2.24) is 0 Å². The smallest absolute Gasteiger partial charge is 0.188 e. The van der Waals surface area contributed by atoms with Crippen molar-refractivity contribution in [2.45, 2.75) is 33.6 Å². The van der Waals surface area contributed by atoms with Crippen LogP contribution in [0.5, 0.6) is 0 Å². The molecule has 0 amide bonds. The quantitative estimate of drug-likeness (QED) is 0.404. The molecular weight excluding hydrogens is 199 g/mol. The molecule has 0 heterocycles. The minimum absolute atomic E-state index is 0. The monoisotopic (exact) mass is 220 g/mol. The van der Waals surface area contributed by atoms with Crippen molar-refractivity contribution in [2.24, 2.45) is 0 Å². The molecule has 0 bridgehead atoms. The van der Waals surface area contributed by atoms with Gasteiger partial charge >= 0.3 is 18.9 Å². The van der Waals surface area contributed by atoms with Crippen molar-refractivity contribution < 1.29 is 18.9 Å². The molecule has 0 saturated carbocycles. The van der Waals surface area contributed by atoms with Crippen LogP contribution < -0.4 is 18.9 Å². The van der Waals surface area contributed by atoms with Crippen LogP contribution in [0.15, 0.2) is 43.0 Å². The van der Waals surface area contributed by atoms with E-state index in [9.17, 15) is 0 Å². The van der Waals surface area contributed by atoms with Gasteiger partial charge in [-0.2, -0.15) is 23.6 Å². The predicted molar refractivity (Wildman–Crippen MR) is 73.2 cm³/mol. The molecule has 1 aromatic rings. The summed E-state index contributed by atoms with van der Waals surface area (Å²) in [5.41, 5.74) is 4.93. The van der Waals surface area contributed by atoms with Crippen molar-refractivity contribution in [3.63, 3.8) is 0 Å². The molecule has 0 aromatic heterocycles. The Morgan fingerprint density at radius 1 is 1.29 bits per heavy atom. The first-order valence-electron chi connectivity index (χ1n) is 5.80. The molecule has 0 fully saturated rings. The van der Waals surface area contributed by atoms with Crippen LogP contribution in [0, 0.1) is 5.92 Å². The van der Waals surface area contributed by atoms with Gasteiger partial charge in [-0.1, -0.05) is 49.6 Å². The molecule has 0 atom stereocenters. The molecule has 1 heteroatoms. The number of hydrogen-bond acceptors (Lipinski definition) is 0. The van der Waals surface area contributed by atoms with Gasteiger partial charge in [0, 0.05) is 0 Å². The average Bonchev–Trinajstić information content (AvgIpc) is 2.28. The van der Waals surface area contributed by atoms with Gasteiger partial charge in [-0.25, -0.2) is 0 Å². The van der Waals surface area contributed by atoms with Gasteiger partial charge in [0.25, 0.3) is 0 Å². The number of hydrogen-bond donors (Lipinski definition) is 0. The largest absolute Gasteiger partial charge is 1.00 e. The minimum atomic E-state index is 0. The molecule has 0 N–H and O–H groups in total. The molecule has 0 unspecified atom stereocenters. The molecule has 86 valence electrons. The van der Waals surface area contributed by atoms with Gasteiger partial charge in [-0.3, -0.25) is 0 Å². The molecule has 0 aliphatic carbocycles. The fourth-order valence-electron chi connectivity index (χ4n) is 1.65. The fraction of sp³-hybridized carbons (Fsp3) is 0.312. The summed E-state index contributed by atoms with van der Waals surface area (Å²) in [5, 5.41) is 0. The van der Waals surface area contributed by atoms with Crippen LogP contribution in [0.4, 0.5) is 0 Å². The van der Waals surface area contributed by atoms with Crippen molar-refractivity contribution in [1.29, 1.82) is 0 Å². The first kappa shape index (κ1) is 16.2. The summed E-state index contributed by atoms with van der Waals surface area (Å²) in [5.74, 6) is 1.38. The zero-order valence-electron chi connectivity index (χ0n) is 11.6. The van der Waals surface area contributed by atoms with Crippen LogP contribution >= 0.6 is 0 Å². The molecule has 0 saturated heterocycles. The maximum absolute atomic E-state index is 4.06. The predicted octanol–water partition coefficient (Wildman–Crippen LogP) is 2.02. The van der Waals surface area contributed by atoms with Crippen LogP contribution in [-0.2, 0) is 0 Å². The Hall–Kier alpha value is -0.833. The van der Waals surface area contributed by atoms with Crippen LogP contribution in [0.1, 0.15) is 44.7 Å². The molecule has 17 heavy (non-hydrogen) atoms. The third-order valence-electron chi connectivity index (χ3n) is 2.86. The summed E-state index contributed by atoms with van der Waals surface area (Å²) in [4.78, 5) is 0. The standard InChI is InChI=1S/C16H21.Li/c1-6-13(4)10-14(5)16-9-7-8-15(11-16)12(2)3;/h7-9,11H,2,4,6,10H2,1,3,5H3;/q-1;+1. The minimum Gasteiger partial charge on any atom is -0.188 e. The second-order valence-corrected chi connectivity index (χ2v) is 4.42. The Labute approximate surface area is 118 Å².